The van der Waals surface area contributed by atoms with E-state index in [1.165, 1.54) is 20.0 Å². The highest BCUT2D eigenvalue weighted by molar-refractivity contribution is 5.74. The maximum Gasteiger partial charge on any atom is 0.314 e. The van der Waals surface area contributed by atoms with Crippen LogP contribution in [0.15, 0.2) is 0 Å². The van der Waals surface area contributed by atoms with Crippen LogP contribution in [0.25, 0.3) is 0 Å². The van der Waals surface area contributed by atoms with Crippen molar-refractivity contribution in [3.8, 4) is 0 Å². The van der Waals surface area contributed by atoms with Crippen LogP contribution in [0.5, 0.6) is 0 Å². The zero-order valence-corrected chi connectivity index (χ0v) is 9.36. The molecule has 0 aromatic carbocycles. The fraction of sp³-hybridized carbons (Fsp3) is 0.800. The number of amides is 2. The van der Waals surface area contributed by atoms with Crippen LogP contribution in [0.3, 0.4) is 0 Å². The average Bonchev–Trinajstić information content (AvgIpc) is 3.04. The number of ether oxygens (including phenoxy) is 1. The van der Waals surface area contributed by atoms with Crippen LogP contribution in [-0.2, 0) is 9.53 Å². The number of rotatable bonds is 7. The number of aliphatic carboxylic acids is 1. The predicted molar refractivity (Wildman–Crippen MR) is 57.2 cm³/mol. The van der Waals surface area contributed by atoms with Crippen LogP contribution in [0.1, 0.15) is 19.3 Å². The Bertz CT molecular complexity index is 253. The zero-order valence-electron chi connectivity index (χ0n) is 9.36. The minimum absolute atomic E-state index is 0.112. The van der Waals surface area contributed by atoms with Crippen molar-refractivity contribution in [2.24, 2.45) is 5.92 Å². The monoisotopic (exact) mass is 230 g/mol. The van der Waals surface area contributed by atoms with E-state index in [9.17, 15) is 9.59 Å². The number of carboxylic acid groups (broad SMARTS) is 1. The molecule has 0 bridgehead atoms. The predicted octanol–water partition coefficient (Wildman–Crippen LogP) is 0.185. The summed E-state index contributed by atoms with van der Waals surface area (Å²) in [5.74, 6) is -0.310. The number of urea groups is 1. The summed E-state index contributed by atoms with van der Waals surface area (Å²) in [4.78, 5) is 21.7. The van der Waals surface area contributed by atoms with E-state index in [2.05, 4.69) is 10.6 Å². The van der Waals surface area contributed by atoms with E-state index in [1.807, 2.05) is 0 Å². The molecular weight excluding hydrogens is 212 g/mol. The SMILES string of the molecule is COC(CNC(=O)NCC1CC1)CC(=O)O. The van der Waals surface area contributed by atoms with Gasteiger partial charge < -0.3 is 20.5 Å². The third-order valence-electron chi connectivity index (χ3n) is 2.47. The van der Waals surface area contributed by atoms with Gasteiger partial charge in [-0.3, -0.25) is 4.79 Å². The first-order chi connectivity index (χ1) is 7.61. The third kappa shape index (κ3) is 5.55. The number of carboxylic acids is 1. The van der Waals surface area contributed by atoms with Gasteiger partial charge in [-0.05, 0) is 18.8 Å². The van der Waals surface area contributed by atoms with Gasteiger partial charge in [0, 0.05) is 20.2 Å². The molecule has 0 spiro atoms. The molecule has 0 saturated heterocycles. The first kappa shape index (κ1) is 12.8. The highest BCUT2D eigenvalue weighted by Gasteiger charge is 2.21. The molecule has 0 aromatic heterocycles. The Balaban J connectivity index is 2.09. The van der Waals surface area contributed by atoms with Gasteiger partial charge in [0.25, 0.3) is 0 Å². The highest BCUT2D eigenvalue weighted by Crippen LogP contribution is 2.27. The van der Waals surface area contributed by atoms with Gasteiger partial charge in [-0.1, -0.05) is 0 Å². The minimum atomic E-state index is -0.938. The van der Waals surface area contributed by atoms with Crippen LogP contribution in [-0.4, -0.2) is 43.4 Å². The second-order valence-electron chi connectivity index (χ2n) is 3.99. The summed E-state index contributed by atoms with van der Waals surface area (Å²) < 4.78 is 4.93. The molecule has 0 aliphatic heterocycles. The van der Waals surface area contributed by atoms with Crippen LogP contribution in [0.2, 0.25) is 0 Å². The molecule has 1 aliphatic rings. The molecule has 2 amide bonds. The summed E-state index contributed by atoms with van der Waals surface area (Å²) in [6.45, 7) is 0.904. The van der Waals surface area contributed by atoms with Crippen molar-refractivity contribution in [3.05, 3.63) is 0 Å². The Morgan fingerprint density at radius 1 is 1.44 bits per heavy atom. The lowest BCUT2D eigenvalue weighted by Gasteiger charge is -2.14. The molecule has 16 heavy (non-hydrogen) atoms. The minimum Gasteiger partial charge on any atom is -0.481 e. The lowest BCUT2D eigenvalue weighted by molar-refractivity contribution is -0.139. The molecule has 1 saturated carbocycles. The van der Waals surface area contributed by atoms with E-state index >= 15 is 0 Å². The van der Waals surface area contributed by atoms with Gasteiger partial charge in [-0.15, -0.1) is 0 Å². The summed E-state index contributed by atoms with van der Waals surface area (Å²) in [6, 6.07) is -0.265. The molecule has 3 N–H and O–H groups in total. The molecular formula is C10H18N2O4. The molecule has 1 rings (SSSR count). The summed E-state index contributed by atoms with van der Waals surface area (Å²) in [5.41, 5.74) is 0. The van der Waals surface area contributed by atoms with E-state index in [-0.39, 0.29) is 19.0 Å². The van der Waals surface area contributed by atoms with Crippen molar-refractivity contribution in [1.29, 1.82) is 0 Å². The van der Waals surface area contributed by atoms with Crippen molar-refractivity contribution in [2.45, 2.75) is 25.4 Å². The highest BCUT2D eigenvalue weighted by atomic mass is 16.5. The van der Waals surface area contributed by atoms with Gasteiger partial charge in [0.2, 0.25) is 0 Å². The molecule has 0 heterocycles. The first-order valence-electron chi connectivity index (χ1n) is 5.38. The molecule has 1 fully saturated rings. The Labute approximate surface area is 94.3 Å². The molecule has 0 aromatic rings. The number of hydrogen-bond donors (Lipinski definition) is 3. The van der Waals surface area contributed by atoms with E-state index in [0.29, 0.717) is 12.5 Å². The van der Waals surface area contributed by atoms with E-state index in [1.54, 1.807) is 0 Å². The second kappa shape index (κ2) is 6.32. The van der Waals surface area contributed by atoms with Crippen molar-refractivity contribution in [3.63, 3.8) is 0 Å². The van der Waals surface area contributed by atoms with Crippen molar-refractivity contribution in [1.82, 2.24) is 10.6 Å². The van der Waals surface area contributed by atoms with E-state index < -0.39 is 12.1 Å². The summed E-state index contributed by atoms with van der Waals surface area (Å²) >= 11 is 0. The number of hydrogen-bond acceptors (Lipinski definition) is 3. The number of carbonyl (C=O) groups excluding carboxylic acids is 1. The molecule has 1 unspecified atom stereocenters. The Morgan fingerprint density at radius 3 is 2.62 bits per heavy atom. The number of methoxy groups -OCH3 is 1. The molecule has 6 nitrogen and oxygen atoms in total. The van der Waals surface area contributed by atoms with Crippen LogP contribution >= 0.6 is 0 Å². The number of carbonyl (C=O) groups is 2. The van der Waals surface area contributed by atoms with Gasteiger partial charge in [0.05, 0.1) is 12.5 Å². The summed E-state index contributed by atoms with van der Waals surface area (Å²) in [6.07, 6.45) is 1.77. The zero-order chi connectivity index (χ0) is 12.0. The molecule has 6 heteroatoms. The average molecular weight is 230 g/mol. The van der Waals surface area contributed by atoms with Gasteiger partial charge in [0.15, 0.2) is 0 Å². The van der Waals surface area contributed by atoms with E-state index in [0.717, 1.165) is 0 Å². The smallest absolute Gasteiger partial charge is 0.314 e. The number of nitrogens with one attached hydrogen (secondary N) is 2. The molecule has 0 radical (unpaired) electrons. The fourth-order valence-corrected chi connectivity index (χ4v) is 1.26. The third-order valence-corrected chi connectivity index (χ3v) is 2.47. The Kier molecular flexibility index (Phi) is 5.04. The second-order valence-corrected chi connectivity index (χ2v) is 3.99. The first-order valence-corrected chi connectivity index (χ1v) is 5.38. The van der Waals surface area contributed by atoms with Gasteiger partial charge >= 0.3 is 12.0 Å². The largest absolute Gasteiger partial charge is 0.481 e. The van der Waals surface area contributed by atoms with Gasteiger partial charge in [-0.25, -0.2) is 4.79 Å². The topological polar surface area (TPSA) is 87.7 Å². The van der Waals surface area contributed by atoms with E-state index in [4.69, 9.17) is 9.84 Å². The van der Waals surface area contributed by atoms with Crippen LogP contribution in [0.4, 0.5) is 4.79 Å². The summed E-state index contributed by atoms with van der Waals surface area (Å²) in [7, 11) is 1.43. The molecule has 1 atom stereocenters. The van der Waals surface area contributed by atoms with Crippen molar-refractivity contribution >= 4 is 12.0 Å². The molecule has 1 aliphatic carbocycles. The van der Waals surface area contributed by atoms with Gasteiger partial charge in [-0.2, -0.15) is 0 Å². The van der Waals surface area contributed by atoms with Crippen LogP contribution < -0.4 is 10.6 Å². The van der Waals surface area contributed by atoms with Crippen LogP contribution in [0, 0.1) is 5.92 Å². The molecule has 92 valence electrons. The normalized spacial score (nSPS) is 16.6. The standard InChI is InChI=1S/C10H18N2O4/c1-16-8(4-9(13)14)6-12-10(15)11-5-7-2-3-7/h7-8H,2-6H2,1H3,(H,13,14)(H2,11,12,15). The lowest BCUT2D eigenvalue weighted by Crippen LogP contribution is -2.41. The van der Waals surface area contributed by atoms with Gasteiger partial charge in [0.1, 0.15) is 0 Å². The maximum absolute atomic E-state index is 11.3. The lowest BCUT2D eigenvalue weighted by atomic mass is 10.2. The Hall–Kier alpha value is -1.30. The summed E-state index contributed by atoms with van der Waals surface area (Å²) in [5, 5.41) is 13.9. The maximum atomic E-state index is 11.3. The Morgan fingerprint density at radius 2 is 2.12 bits per heavy atom. The fourth-order valence-electron chi connectivity index (χ4n) is 1.26. The van der Waals surface area contributed by atoms with Crippen molar-refractivity contribution < 1.29 is 19.4 Å². The van der Waals surface area contributed by atoms with Crippen molar-refractivity contribution in [2.75, 3.05) is 20.2 Å². The quantitative estimate of drug-likeness (QED) is 0.582.